The number of amides is 1. The lowest BCUT2D eigenvalue weighted by Gasteiger charge is -2.07. The van der Waals surface area contributed by atoms with Gasteiger partial charge in [-0.05, 0) is 44.5 Å². The van der Waals surface area contributed by atoms with Crippen molar-refractivity contribution in [1.82, 2.24) is 14.7 Å². The van der Waals surface area contributed by atoms with Crippen molar-refractivity contribution in [2.75, 3.05) is 5.32 Å². The van der Waals surface area contributed by atoms with Gasteiger partial charge in [0.15, 0.2) is 5.16 Å². The van der Waals surface area contributed by atoms with Crippen molar-refractivity contribution in [2.45, 2.75) is 36.7 Å². The second-order valence-electron chi connectivity index (χ2n) is 5.80. The summed E-state index contributed by atoms with van der Waals surface area (Å²) in [5.74, 6) is 0.755. The normalized spacial score (nSPS) is 10.8. The number of aryl methyl sites for hydroxylation is 3. The van der Waals surface area contributed by atoms with E-state index in [0.29, 0.717) is 12.8 Å². The molecule has 3 aromatic rings. The zero-order valence-electron chi connectivity index (χ0n) is 14.4. The van der Waals surface area contributed by atoms with Crippen LogP contribution in [0.3, 0.4) is 0 Å². The van der Waals surface area contributed by atoms with Gasteiger partial charge >= 0.3 is 0 Å². The van der Waals surface area contributed by atoms with Gasteiger partial charge in [-0.1, -0.05) is 16.9 Å². The summed E-state index contributed by atoms with van der Waals surface area (Å²) in [7, 11) is 1.96. The molecule has 0 unspecified atom stereocenters. The molecule has 0 radical (unpaired) electrons. The van der Waals surface area contributed by atoms with E-state index in [1.807, 2.05) is 55.9 Å². The number of imidazole rings is 1. The van der Waals surface area contributed by atoms with Gasteiger partial charge in [-0.25, -0.2) is 4.98 Å². The number of nitrogens with zero attached hydrogens (tertiary/aromatic N) is 3. The summed E-state index contributed by atoms with van der Waals surface area (Å²) in [6.45, 7) is 3.76. The molecule has 0 aliphatic rings. The highest BCUT2D eigenvalue weighted by Gasteiger charge is 2.11. The Kier molecular flexibility index (Phi) is 5.23. The van der Waals surface area contributed by atoms with E-state index in [4.69, 9.17) is 4.52 Å². The Balaban J connectivity index is 1.54. The van der Waals surface area contributed by atoms with Crippen LogP contribution in [0.1, 0.15) is 23.4 Å². The smallest absolute Gasteiger partial charge is 0.224 e. The maximum absolute atomic E-state index is 12.1. The standard InChI is InChI=1S/C18H20N4O2S/c1-12-16(13(2)24-21-12)8-9-17(23)20-14-4-6-15(7-5-14)25-18-19-10-11-22(18)3/h4-7,10-11H,8-9H2,1-3H3,(H,20,23). The summed E-state index contributed by atoms with van der Waals surface area (Å²) in [4.78, 5) is 17.5. The predicted octanol–water partition coefficient (Wildman–Crippen LogP) is 3.75. The van der Waals surface area contributed by atoms with E-state index in [2.05, 4.69) is 15.5 Å². The van der Waals surface area contributed by atoms with Gasteiger partial charge in [-0.15, -0.1) is 0 Å². The number of rotatable bonds is 6. The Hall–Kier alpha value is -2.54. The topological polar surface area (TPSA) is 73.0 Å². The molecule has 3 rings (SSSR count). The highest BCUT2D eigenvalue weighted by molar-refractivity contribution is 7.99. The molecule has 130 valence electrons. The van der Waals surface area contributed by atoms with Gasteiger partial charge in [0, 0.05) is 42.0 Å². The number of carbonyl (C=O) groups is 1. The van der Waals surface area contributed by atoms with Gasteiger partial charge in [0.05, 0.1) is 5.69 Å². The highest BCUT2D eigenvalue weighted by Crippen LogP contribution is 2.26. The summed E-state index contributed by atoms with van der Waals surface area (Å²) in [6, 6.07) is 7.75. The Labute approximate surface area is 150 Å². The SMILES string of the molecule is Cc1noc(C)c1CCC(=O)Nc1ccc(Sc2nccn2C)cc1. The fraction of sp³-hybridized carbons (Fsp3) is 0.278. The Morgan fingerprint density at radius 1 is 1.28 bits per heavy atom. The average Bonchev–Trinajstić information content (AvgIpc) is 3.13. The van der Waals surface area contributed by atoms with Gasteiger partial charge < -0.3 is 14.4 Å². The van der Waals surface area contributed by atoms with Crippen LogP contribution in [0.25, 0.3) is 0 Å². The van der Waals surface area contributed by atoms with Crippen molar-refractivity contribution in [3.63, 3.8) is 0 Å². The van der Waals surface area contributed by atoms with Crippen molar-refractivity contribution in [3.8, 4) is 0 Å². The molecule has 0 atom stereocenters. The molecule has 0 spiro atoms. The van der Waals surface area contributed by atoms with E-state index in [-0.39, 0.29) is 5.91 Å². The first-order valence-corrected chi connectivity index (χ1v) is 8.81. The average molecular weight is 356 g/mol. The monoisotopic (exact) mass is 356 g/mol. The molecule has 0 saturated carbocycles. The third kappa shape index (κ3) is 4.30. The second kappa shape index (κ2) is 7.57. The van der Waals surface area contributed by atoms with E-state index < -0.39 is 0 Å². The zero-order valence-corrected chi connectivity index (χ0v) is 15.3. The van der Waals surface area contributed by atoms with Gasteiger partial charge in [-0.2, -0.15) is 0 Å². The minimum atomic E-state index is -0.0236. The lowest BCUT2D eigenvalue weighted by atomic mass is 10.1. The molecule has 1 amide bonds. The third-order valence-corrected chi connectivity index (χ3v) is 4.99. The Morgan fingerprint density at radius 3 is 2.64 bits per heavy atom. The maximum Gasteiger partial charge on any atom is 0.224 e. The van der Waals surface area contributed by atoms with Gasteiger partial charge in [0.25, 0.3) is 0 Å². The molecular formula is C18H20N4O2S. The maximum atomic E-state index is 12.1. The van der Waals surface area contributed by atoms with E-state index in [0.717, 1.165) is 32.8 Å². The van der Waals surface area contributed by atoms with Crippen molar-refractivity contribution in [1.29, 1.82) is 0 Å². The molecular weight excluding hydrogens is 336 g/mol. The summed E-state index contributed by atoms with van der Waals surface area (Å²) in [5, 5.41) is 7.76. The zero-order chi connectivity index (χ0) is 17.8. The van der Waals surface area contributed by atoms with Crippen LogP contribution in [0.2, 0.25) is 0 Å². The number of benzene rings is 1. The van der Waals surface area contributed by atoms with Crippen molar-refractivity contribution in [2.24, 2.45) is 7.05 Å². The van der Waals surface area contributed by atoms with Gasteiger partial charge in [0.1, 0.15) is 5.76 Å². The molecule has 0 saturated heterocycles. The Bertz CT molecular complexity index is 848. The van der Waals surface area contributed by atoms with Crippen LogP contribution in [-0.2, 0) is 18.3 Å². The van der Waals surface area contributed by atoms with Crippen LogP contribution in [0.15, 0.2) is 51.2 Å². The van der Waals surface area contributed by atoms with Crippen LogP contribution in [0, 0.1) is 13.8 Å². The predicted molar refractivity (Wildman–Crippen MR) is 96.7 cm³/mol. The minimum absolute atomic E-state index is 0.0236. The lowest BCUT2D eigenvalue weighted by molar-refractivity contribution is -0.116. The number of anilines is 1. The van der Waals surface area contributed by atoms with Crippen molar-refractivity contribution < 1.29 is 9.32 Å². The fourth-order valence-electron chi connectivity index (χ4n) is 2.48. The minimum Gasteiger partial charge on any atom is -0.361 e. The molecule has 0 fully saturated rings. The molecule has 2 heterocycles. The van der Waals surface area contributed by atoms with Crippen LogP contribution in [-0.4, -0.2) is 20.6 Å². The van der Waals surface area contributed by atoms with Crippen LogP contribution < -0.4 is 5.32 Å². The highest BCUT2D eigenvalue weighted by atomic mass is 32.2. The van der Waals surface area contributed by atoms with Crippen LogP contribution in [0.5, 0.6) is 0 Å². The first-order valence-electron chi connectivity index (χ1n) is 8.00. The fourth-order valence-corrected chi connectivity index (χ4v) is 3.28. The van der Waals surface area contributed by atoms with Crippen molar-refractivity contribution >= 4 is 23.4 Å². The van der Waals surface area contributed by atoms with Crippen molar-refractivity contribution in [3.05, 3.63) is 53.7 Å². The molecule has 0 aliphatic heterocycles. The molecule has 1 N–H and O–H groups in total. The van der Waals surface area contributed by atoms with E-state index in [9.17, 15) is 4.79 Å². The molecule has 1 aromatic carbocycles. The molecule has 6 nitrogen and oxygen atoms in total. The lowest BCUT2D eigenvalue weighted by Crippen LogP contribution is -2.12. The molecule has 0 aliphatic carbocycles. The van der Waals surface area contributed by atoms with Crippen LogP contribution in [0.4, 0.5) is 5.69 Å². The third-order valence-electron chi connectivity index (χ3n) is 3.91. The number of nitrogens with one attached hydrogen (secondary N) is 1. The summed E-state index contributed by atoms with van der Waals surface area (Å²) >= 11 is 1.58. The molecule has 2 aromatic heterocycles. The van der Waals surface area contributed by atoms with E-state index in [1.165, 1.54) is 0 Å². The number of carbonyl (C=O) groups excluding carboxylic acids is 1. The Morgan fingerprint density at radius 2 is 2.04 bits per heavy atom. The molecule has 25 heavy (non-hydrogen) atoms. The summed E-state index contributed by atoms with van der Waals surface area (Å²) in [5.41, 5.74) is 2.64. The molecule has 7 heteroatoms. The van der Waals surface area contributed by atoms with E-state index in [1.54, 1.807) is 18.0 Å². The summed E-state index contributed by atoms with van der Waals surface area (Å²) in [6.07, 6.45) is 4.71. The molecule has 0 bridgehead atoms. The number of hydrogen-bond donors (Lipinski definition) is 1. The second-order valence-corrected chi connectivity index (χ2v) is 6.84. The first kappa shape index (κ1) is 17.3. The number of aromatic nitrogens is 3. The van der Waals surface area contributed by atoms with E-state index >= 15 is 0 Å². The first-order chi connectivity index (χ1) is 12.0. The number of hydrogen-bond acceptors (Lipinski definition) is 5. The quantitative estimate of drug-likeness (QED) is 0.728. The van der Waals surface area contributed by atoms with Crippen LogP contribution >= 0.6 is 11.8 Å². The summed E-state index contributed by atoms with van der Waals surface area (Å²) < 4.78 is 7.09. The largest absolute Gasteiger partial charge is 0.361 e. The van der Waals surface area contributed by atoms with Gasteiger partial charge in [-0.3, -0.25) is 4.79 Å². The van der Waals surface area contributed by atoms with Gasteiger partial charge in [0.2, 0.25) is 5.91 Å².